The van der Waals surface area contributed by atoms with E-state index in [-0.39, 0.29) is 11.8 Å². The van der Waals surface area contributed by atoms with E-state index in [2.05, 4.69) is 26.7 Å². The lowest BCUT2D eigenvalue weighted by atomic mass is 9.80. The number of methoxy groups -OCH3 is 1. The highest BCUT2D eigenvalue weighted by Crippen LogP contribution is 2.39. The summed E-state index contributed by atoms with van der Waals surface area (Å²) in [6.07, 6.45) is 14.2. The number of ether oxygens (including phenoxy) is 1. The highest BCUT2D eigenvalue weighted by atomic mass is 16.5. The lowest BCUT2D eigenvalue weighted by Crippen LogP contribution is -2.33. The molecule has 0 fully saturated rings. The smallest absolute Gasteiger partial charge is 0.220 e. The average molecular weight is 513 g/mol. The summed E-state index contributed by atoms with van der Waals surface area (Å²) < 4.78 is 5.68. The Hall–Kier alpha value is -4.40. The van der Waals surface area contributed by atoms with E-state index < -0.39 is 5.54 Å². The van der Waals surface area contributed by atoms with Crippen molar-refractivity contribution in [1.29, 1.82) is 0 Å². The van der Waals surface area contributed by atoms with Crippen molar-refractivity contribution in [1.82, 2.24) is 20.6 Å². The van der Waals surface area contributed by atoms with Gasteiger partial charge in [-0.2, -0.15) is 0 Å². The lowest BCUT2D eigenvalue weighted by Gasteiger charge is -2.30. The minimum atomic E-state index is -0.691. The number of hydrogen-bond acceptors (Lipinski definition) is 5. The Morgan fingerprint density at radius 2 is 1.71 bits per heavy atom. The molecular weight excluding hydrogens is 480 g/mol. The van der Waals surface area contributed by atoms with Gasteiger partial charge in [0.25, 0.3) is 0 Å². The van der Waals surface area contributed by atoms with Crippen LogP contribution in [0.2, 0.25) is 0 Å². The quantitative estimate of drug-likeness (QED) is 0.451. The molecule has 2 aromatic rings. The number of fused-ring (bicyclic) bond motifs is 6. The van der Waals surface area contributed by atoms with Crippen molar-refractivity contribution in [2.45, 2.75) is 37.6 Å². The van der Waals surface area contributed by atoms with Gasteiger partial charge in [-0.1, -0.05) is 0 Å². The van der Waals surface area contributed by atoms with Crippen LogP contribution in [0.4, 0.5) is 0 Å². The summed E-state index contributed by atoms with van der Waals surface area (Å²) in [6, 6.07) is 5.99. The maximum atomic E-state index is 12.3. The summed E-state index contributed by atoms with van der Waals surface area (Å²) in [7, 11) is 4.92. The van der Waals surface area contributed by atoms with E-state index in [9.17, 15) is 9.59 Å². The zero-order valence-corrected chi connectivity index (χ0v) is 21.9. The van der Waals surface area contributed by atoms with Crippen LogP contribution in [0.25, 0.3) is 18.2 Å². The first-order valence-corrected chi connectivity index (χ1v) is 12.7. The molecule has 0 saturated carbocycles. The Kier molecular flexibility index (Phi) is 7.00. The van der Waals surface area contributed by atoms with E-state index >= 15 is 0 Å². The van der Waals surface area contributed by atoms with Gasteiger partial charge in [-0.15, -0.1) is 0 Å². The molecule has 9 nitrogen and oxygen atoms in total. The van der Waals surface area contributed by atoms with Gasteiger partial charge in [0.05, 0.1) is 35.5 Å². The molecule has 0 radical (unpaired) electrons. The zero-order chi connectivity index (χ0) is 26.7. The number of H-pyrrole nitrogens is 2. The first-order chi connectivity index (χ1) is 18.4. The summed E-state index contributed by atoms with van der Waals surface area (Å²) in [4.78, 5) is 41.4. The number of allylic oxidation sites excluding steroid dienone is 3. The molecule has 196 valence electrons. The molecule has 8 bridgehead atoms. The number of aromatic amines is 2. The van der Waals surface area contributed by atoms with E-state index in [0.717, 1.165) is 44.8 Å². The third-order valence-electron chi connectivity index (χ3n) is 7.09. The lowest BCUT2D eigenvalue weighted by molar-refractivity contribution is -0.121. The maximum Gasteiger partial charge on any atom is 0.220 e. The van der Waals surface area contributed by atoms with Crippen LogP contribution >= 0.6 is 0 Å². The molecular formula is C29H32N6O3. The van der Waals surface area contributed by atoms with E-state index in [0.29, 0.717) is 37.9 Å². The second kappa shape index (κ2) is 10.5. The van der Waals surface area contributed by atoms with Crippen LogP contribution in [0.3, 0.4) is 0 Å². The molecule has 9 heteroatoms. The number of carbonyl (C=O) groups is 2. The third-order valence-corrected chi connectivity index (χ3v) is 7.09. The number of nitrogens with zero attached hydrogens (tertiary/aromatic N) is 2. The Bertz CT molecular complexity index is 1550. The molecule has 4 N–H and O–H groups in total. The number of aliphatic imine (C=N–C) groups is 2. The van der Waals surface area contributed by atoms with Gasteiger partial charge in [0, 0.05) is 55.8 Å². The van der Waals surface area contributed by atoms with Gasteiger partial charge in [0.15, 0.2) is 0 Å². The number of rotatable bonds is 7. The molecule has 5 rings (SSSR count). The van der Waals surface area contributed by atoms with Gasteiger partial charge in [-0.3, -0.25) is 14.6 Å². The fraction of sp³-hybridized carbons (Fsp3) is 0.310. The Morgan fingerprint density at radius 3 is 2.45 bits per heavy atom. The van der Waals surface area contributed by atoms with Crippen molar-refractivity contribution >= 4 is 41.5 Å². The predicted molar refractivity (Wildman–Crippen MR) is 149 cm³/mol. The van der Waals surface area contributed by atoms with E-state index in [1.165, 1.54) is 0 Å². The minimum absolute atomic E-state index is 0.0359. The first-order valence-electron chi connectivity index (χ1n) is 12.7. The fourth-order valence-corrected chi connectivity index (χ4v) is 5.13. The van der Waals surface area contributed by atoms with Crippen LogP contribution in [0.1, 0.15) is 37.1 Å². The zero-order valence-electron chi connectivity index (χ0n) is 21.9. The molecule has 0 saturated heterocycles. The monoisotopic (exact) mass is 512 g/mol. The SMILES string of the molecule is CNC(=O)CCC1=CC2=NC1(CCC(=O)NC)Cc1cc(OC)c([nH]1)/C=C1/C=CC(=N1)/C=c1/cc/c([nH]1)=C/2. The van der Waals surface area contributed by atoms with Crippen LogP contribution < -0.4 is 26.1 Å². The number of aromatic nitrogens is 2. The van der Waals surface area contributed by atoms with Gasteiger partial charge in [0.2, 0.25) is 11.8 Å². The van der Waals surface area contributed by atoms with E-state index in [1.807, 2.05) is 48.6 Å². The largest absolute Gasteiger partial charge is 0.495 e. The van der Waals surface area contributed by atoms with Crippen molar-refractivity contribution in [3.8, 4) is 5.75 Å². The summed E-state index contributed by atoms with van der Waals surface area (Å²) in [6.45, 7) is 0. The fourth-order valence-electron chi connectivity index (χ4n) is 5.13. The van der Waals surface area contributed by atoms with Crippen molar-refractivity contribution in [3.05, 3.63) is 69.8 Å². The second-order valence-electron chi connectivity index (χ2n) is 9.63. The normalized spacial score (nSPS) is 22.6. The van der Waals surface area contributed by atoms with E-state index in [1.54, 1.807) is 21.2 Å². The topological polar surface area (TPSA) is 124 Å². The van der Waals surface area contributed by atoms with Crippen LogP contribution in [-0.2, 0) is 16.0 Å². The summed E-state index contributed by atoms with van der Waals surface area (Å²) in [5.74, 6) is 0.620. The van der Waals surface area contributed by atoms with Crippen molar-refractivity contribution in [2.75, 3.05) is 21.2 Å². The highest BCUT2D eigenvalue weighted by molar-refractivity contribution is 6.20. The molecule has 3 aliphatic rings. The number of amides is 2. The number of carbonyl (C=O) groups excluding carboxylic acids is 2. The molecule has 0 spiro atoms. The number of nitrogens with one attached hydrogen (secondary N) is 4. The van der Waals surface area contributed by atoms with Gasteiger partial charge in [0.1, 0.15) is 5.75 Å². The molecule has 38 heavy (non-hydrogen) atoms. The highest BCUT2D eigenvalue weighted by Gasteiger charge is 2.39. The number of hydrogen-bond donors (Lipinski definition) is 4. The standard InChI is InChI=1S/C29H32N6O3/c1-30-27(36)9-4-18-12-23-14-21-6-5-19(32-21)13-20-7-8-22(33-20)15-25-26(38-3)16-24(34-25)17-29(18,35-23)11-10-28(37)31-2/h5-8,12-16,32,34H,4,9-11,17H2,1-3H3,(H,30,36)(H,31,37)/b19-13-,21-14-,22-15-. The van der Waals surface area contributed by atoms with Crippen LogP contribution in [0.15, 0.2) is 57.7 Å². The Morgan fingerprint density at radius 1 is 0.974 bits per heavy atom. The Balaban J connectivity index is 1.66. The summed E-state index contributed by atoms with van der Waals surface area (Å²) in [5.41, 5.74) is 4.54. The summed E-state index contributed by atoms with van der Waals surface area (Å²) >= 11 is 0. The van der Waals surface area contributed by atoms with Crippen LogP contribution in [-0.4, -0.2) is 59.9 Å². The van der Waals surface area contributed by atoms with Crippen LogP contribution in [0, 0.1) is 0 Å². The maximum absolute atomic E-state index is 12.3. The van der Waals surface area contributed by atoms with Crippen LogP contribution in [0.5, 0.6) is 5.75 Å². The second-order valence-corrected chi connectivity index (χ2v) is 9.63. The van der Waals surface area contributed by atoms with E-state index in [4.69, 9.17) is 14.7 Å². The van der Waals surface area contributed by atoms with Crippen molar-refractivity contribution in [2.24, 2.45) is 9.98 Å². The van der Waals surface area contributed by atoms with Gasteiger partial charge in [-0.05, 0) is 67.0 Å². The minimum Gasteiger partial charge on any atom is -0.495 e. The average Bonchev–Trinajstić information content (AvgIpc) is 3.69. The molecule has 2 amide bonds. The molecule has 1 atom stereocenters. The molecule has 1 unspecified atom stereocenters. The molecule has 2 aromatic heterocycles. The molecule has 3 aliphatic heterocycles. The molecule has 0 aliphatic carbocycles. The van der Waals surface area contributed by atoms with Gasteiger partial charge in [-0.25, -0.2) is 4.99 Å². The van der Waals surface area contributed by atoms with Gasteiger partial charge < -0.3 is 25.3 Å². The molecule has 0 aromatic carbocycles. The van der Waals surface area contributed by atoms with Crippen molar-refractivity contribution < 1.29 is 14.3 Å². The third kappa shape index (κ3) is 5.32. The van der Waals surface area contributed by atoms with Crippen molar-refractivity contribution in [3.63, 3.8) is 0 Å². The van der Waals surface area contributed by atoms with Gasteiger partial charge >= 0.3 is 0 Å². The first kappa shape index (κ1) is 25.3. The summed E-state index contributed by atoms with van der Waals surface area (Å²) in [5, 5.41) is 7.27. The molecule has 5 heterocycles. The predicted octanol–water partition coefficient (Wildman–Crippen LogP) is 1.69. The Labute approximate surface area is 220 Å².